The molecule has 0 spiro atoms. The van der Waals surface area contributed by atoms with Gasteiger partial charge in [-0.1, -0.05) is 38.5 Å². The average Bonchev–Trinajstić information content (AvgIpc) is 2.66. The molecule has 0 unspecified atom stereocenters. The Morgan fingerprint density at radius 1 is 1.00 bits per heavy atom. The van der Waals surface area contributed by atoms with E-state index in [1.165, 1.54) is 15.7 Å². The minimum absolute atomic E-state index is 0.0479. The zero-order valence-electron chi connectivity index (χ0n) is 15.2. The van der Waals surface area contributed by atoms with Crippen molar-refractivity contribution in [2.75, 3.05) is 0 Å². The van der Waals surface area contributed by atoms with E-state index in [2.05, 4.69) is 10.1 Å². The van der Waals surface area contributed by atoms with Crippen LogP contribution in [0.5, 0.6) is 0 Å². The van der Waals surface area contributed by atoms with Crippen molar-refractivity contribution in [2.24, 2.45) is 7.05 Å². The number of aryl methyl sites for hydroxylation is 1. The van der Waals surface area contributed by atoms with Crippen molar-refractivity contribution in [3.05, 3.63) is 31.9 Å². The first kappa shape index (κ1) is 17.2. The summed E-state index contributed by atoms with van der Waals surface area (Å²) in [4.78, 5) is 29.7. The van der Waals surface area contributed by atoms with Crippen LogP contribution in [0.25, 0.3) is 11.5 Å². The second-order valence-electron chi connectivity index (χ2n) is 7.64. The summed E-state index contributed by atoms with van der Waals surface area (Å²) in [5.74, 6) is 0.514. The maximum absolute atomic E-state index is 13.1. The lowest BCUT2D eigenvalue weighted by molar-refractivity contribution is -0.611. The van der Waals surface area contributed by atoms with Crippen molar-refractivity contribution in [3.8, 4) is 11.5 Å². The molecule has 0 aromatic carbocycles. The highest BCUT2D eigenvalue weighted by Crippen LogP contribution is 2.30. The van der Waals surface area contributed by atoms with Crippen molar-refractivity contribution in [1.82, 2.24) is 19.3 Å². The molecule has 0 atom stereocenters. The van der Waals surface area contributed by atoms with Crippen molar-refractivity contribution < 1.29 is 4.73 Å². The maximum Gasteiger partial charge on any atom is 0.353 e. The van der Waals surface area contributed by atoms with Gasteiger partial charge in [0.2, 0.25) is 11.5 Å². The van der Waals surface area contributed by atoms with Crippen LogP contribution in [0.1, 0.15) is 82.0 Å². The third-order valence-corrected chi connectivity index (χ3v) is 5.92. The fourth-order valence-corrected chi connectivity index (χ4v) is 4.52. The first-order chi connectivity index (χ1) is 12.6. The lowest BCUT2D eigenvalue weighted by Gasteiger charge is -2.25. The molecule has 0 saturated heterocycles. The molecule has 0 radical (unpaired) electrons. The highest BCUT2D eigenvalue weighted by molar-refractivity contribution is 5.44. The van der Waals surface area contributed by atoms with Crippen LogP contribution in [0.3, 0.4) is 0 Å². The maximum atomic E-state index is 13.1. The van der Waals surface area contributed by atoms with Gasteiger partial charge in [0.15, 0.2) is 0 Å². The van der Waals surface area contributed by atoms with E-state index >= 15 is 0 Å². The summed E-state index contributed by atoms with van der Waals surface area (Å²) in [7, 11) is 1.64. The predicted octanol–water partition coefficient (Wildman–Crippen LogP) is 1.63. The van der Waals surface area contributed by atoms with E-state index in [1.54, 1.807) is 7.05 Å². The summed E-state index contributed by atoms with van der Waals surface area (Å²) >= 11 is 0. The largest absolute Gasteiger partial charge is 0.710 e. The molecule has 2 aliphatic carbocycles. The Morgan fingerprint density at radius 2 is 1.62 bits per heavy atom. The SMILES string of the molecule is Cn1nc(C2CCCCC2)[n+]([O-])c2c(=O)n(C3CCCCC3)c(=O)nc1-2. The molecule has 2 aliphatic heterocycles. The Bertz CT molecular complexity index is 891. The number of rotatable bonds is 2. The molecular weight excluding hydrogens is 334 g/mol. The second-order valence-corrected chi connectivity index (χ2v) is 7.64. The van der Waals surface area contributed by atoms with Crippen LogP contribution in [0.15, 0.2) is 9.59 Å². The lowest BCUT2D eigenvalue weighted by Crippen LogP contribution is -2.51. The van der Waals surface area contributed by atoms with Gasteiger partial charge in [-0.2, -0.15) is 9.67 Å². The van der Waals surface area contributed by atoms with Crippen molar-refractivity contribution in [3.63, 3.8) is 0 Å². The van der Waals surface area contributed by atoms with Gasteiger partial charge in [-0.05, 0) is 25.7 Å². The minimum Gasteiger partial charge on any atom is -0.710 e. The smallest absolute Gasteiger partial charge is 0.353 e. The first-order valence-electron chi connectivity index (χ1n) is 9.71. The average molecular weight is 359 g/mol. The molecule has 2 heterocycles. The summed E-state index contributed by atoms with van der Waals surface area (Å²) in [6, 6.07) is -0.155. The molecule has 8 nitrogen and oxygen atoms in total. The van der Waals surface area contributed by atoms with Gasteiger partial charge < -0.3 is 5.21 Å². The monoisotopic (exact) mass is 359 g/mol. The van der Waals surface area contributed by atoms with E-state index in [4.69, 9.17) is 0 Å². The molecule has 2 fully saturated rings. The molecule has 0 N–H and O–H groups in total. The van der Waals surface area contributed by atoms with Crippen LogP contribution in [0, 0.1) is 5.21 Å². The Kier molecular flexibility index (Phi) is 4.50. The zero-order valence-corrected chi connectivity index (χ0v) is 15.2. The third-order valence-electron chi connectivity index (χ3n) is 5.92. The van der Waals surface area contributed by atoms with E-state index < -0.39 is 11.2 Å². The van der Waals surface area contributed by atoms with E-state index in [1.807, 2.05) is 0 Å². The van der Waals surface area contributed by atoms with Crippen LogP contribution in [-0.2, 0) is 7.05 Å². The summed E-state index contributed by atoms with van der Waals surface area (Å²) in [6.45, 7) is 0. The topological polar surface area (TPSA) is 96.7 Å². The molecule has 4 aliphatic rings. The Morgan fingerprint density at radius 3 is 2.27 bits per heavy atom. The Labute approximate surface area is 151 Å². The van der Waals surface area contributed by atoms with Gasteiger partial charge in [0.1, 0.15) is 0 Å². The normalized spacial score (nSPS) is 19.9. The van der Waals surface area contributed by atoms with Crippen molar-refractivity contribution >= 4 is 0 Å². The summed E-state index contributed by atoms with van der Waals surface area (Å²) in [6.07, 6.45) is 9.79. The van der Waals surface area contributed by atoms with Crippen LogP contribution < -0.4 is 16.0 Å². The summed E-state index contributed by atoms with van der Waals surface area (Å²) < 4.78 is 3.28. The Balaban J connectivity index is 1.91. The molecular formula is C18H25N5O3. The second kappa shape index (κ2) is 6.81. The molecule has 26 heavy (non-hydrogen) atoms. The zero-order chi connectivity index (χ0) is 18.3. The van der Waals surface area contributed by atoms with Gasteiger partial charge in [0.05, 0.1) is 18.1 Å². The van der Waals surface area contributed by atoms with Gasteiger partial charge in [0, 0.05) is 6.04 Å². The summed E-state index contributed by atoms with van der Waals surface area (Å²) in [5.41, 5.74) is -1.14. The molecule has 0 bridgehead atoms. The molecule has 0 aromatic rings. The summed E-state index contributed by atoms with van der Waals surface area (Å²) in [5, 5.41) is 17.4. The molecule has 140 valence electrons. The number of aromatic nitrogens is 5. The molecule has 2 saturated carbocycles. The van der Waals surface area contributed by atoms with Gasteiger partial charge in [-0.3, -0.25) is 9.36 Å². The first-order valence-corrected chi connectivity index (χ1v) is 9.71. The van der Waals surface area contributed by atoms with Gasteiger partial charge in [-0.25, -0.2) is 9.52 Å². The number of fused-ring (bicyclic) bond motifs is 1. The quantitative estimate of drug-likeness (QED) is 0.600. The van der Waals surface area contributed by atoms with Crippen LogP contribution in [0.2, 0.25) is 0 Å². The highest BCUT2D eigenvalue weighted by atomic mass is 16.5. The van der Waals surface area contributed by atoms with Crippen LogP contribution in [-0.4, -0.2) is 19.3 Å². The van der Waals surface area contributed by atoms with Crippen molar-refractivity contribution in [1.29, 1.82) is 0 Å². The van der Waals surface area contributed by atoms with E-state index in [0.29, 0.717) is 10.6 Å². The van der Waals surface area contributed by atoms with E-state index in [9.17, 15) is 14.8 Å². The minimum atomic E-state index is -0.572. The highest BCUT2D eigenvalue weighted by Gasteiger charge is 2.34. The number of nitrogens with zero attached hydrogens (tertiary/aromatic N) is 5. The van der Waals surface area contributed by atoms with Crippen LogP contribution in [0.4, 0.5) is 0 Å². The van der Waals surface area contributed by atoms with Gasteiger partial charge >= 0.3 is 17.1 Å². The number of hydrogen-bond acceptors (Lipinski definition) is 5. The van der Waals surface area contributed by atoms with Crippen LogP contribution >= 0.6 is 0 Å². The fourth-order valence-electron chi connectivity index (χ4n) is 4.52. The number of hydrogen-bond donors (Lipinski definition) is 0. The van der Waals surface area contributed by atoms with Crippen molar-refractivity contribution in [2.45, 2.75) is 76.2 Å². The standard InChI is InChI=1S/C18H25N5O3/c1-21-16-14(23(26)15(20-21)12-8-4-2-5-9-12)17(24)22(18(25)19-16)13-10-6-3-7-11-13/h12-13H,2-11H2,1H3. The molecule has 0 amide bonds. The molecule has 0 aromatic heterocycles. The van der Waals surface area contributed by atoms with Gasteiger partial charge in [-0.15, -0.1) is 0 Å². The van der Waals surface area contributed by atoms with E-state index in [-0.39, 0.29) is 23.5 Å². The lowest BCUT2D eigenvalue weighted by atomic mass is 9.88. The van der Waals surface area contributed by atoms with E-state index in [0.717, 1.165) is 57.8 Å². The fraction of sp³-hybridized carbons (Fsp3) is 0.722. The third kappa shape index (κ3) is 2.81. The molecule has 4 rings (SSSR count). The Hall–Kier alpha value is -2.25. The predicted molar refractivity (Wildman–Crippen MR) is 95.1 cm³/mol. The van der Waals surface area contributed by atoms with Gasteiger partial charge in [0.25, 0.3) is 0 Å². The molecule has 8 heteroatoms.